The van der Waals surface area contributed by atoms with E-state index < -0.39 is 0 Å². The smallest absolute Gasteiger partial charge is 0.115 e. The van der Waals surface area contributed by atoms with Crippen LogP contribution in [0.1, 0.15) is 31.4 Å². The minimum atomic E-state index is 0.195. The number of piperidine rings is 1. The van der Waals surface area contributed by atoms with E-state index in [1.165, 1.54) is 11.1 Å². The van der Waals surface area contributed by atoms with Crippen LogP contribution in [0.5, 0.6) is 5.75 Å². The Labute approximate surface area is 121 Å². The second-order valence-corrected chi connectivity index (χ2v) is 6.60. The summed E-state index contributed by atoms with van der Waals surface area (Å²) in [4.78, 5) is 2.59. The summed E-state index contributed by atoms with van der Waals surface area (Å²) in [5, 5.41) is 9.83. The fraction of sp³-hybridized carbons (Fsp3) is 0.647. The van der Waals surface area contributed by atoms with Crippen molar-refractivity contribution in [2.24, 2.45) is 5.92 Å². The van der Waals surface area contributed by atoms with E-state index in [0.717, 1.165) is 32.5 Å². The zero-order valence-corrected chi connectivity index (χ0v) is 12.7. The average Bonchev–Trinajstić information content (AvgIpc) is 2.43. The third-order valence-electron chi connectivity index (χ3n) is 5.69. The van der Waals surface area contributed by atoms with Crippen LogP contribution in [-0.2, 0) is 16.6 Å². The van der Waals surface area contributed by atoms with Gasteiger partial charge in [-0.2, -0.15) is 0 Å². The van der Waals surface area contributed by atoms with Crippen LogP contribution >= 0.6 is 0 Å². The molecule has 110 valence electrons. The molecule has 1 aliphatic carbocycles. The number of fused-ring (bicyclic) bond motifs is 4. The zero-order valence-electron chi connectivity index (χ0n) is 12.7. The quantitative estimate of drug-likeness (QED) is 0.920. The summed E-state index contributed by atoms with van der Waals surface area (Å²) in [6, 6.07) is 6.53. The second-order valence-electron chi connectivity index (χ2n) is 6.60. The molecule has 0 spiro atoms. The van der Waals surface area contributed by atoms with Crippen LogP contribution in [0.25, 0.3) is 0 Å². The first-order valence-electron chi connectivity index (χ1n) is 7.61. The Kier molecular flexibility index (Phi) is 3.51. The summed E-state index contributed by atoms with van der Waals surface area (Å²) in [6.45, 7) is 7.70. The van der Waals surface area contributed by atoms with Gasteiger partial charge in [-0.05, 0) is 54.0 Å². The van der Waals surface area contributed by atoms with E-state index in [0.29, 0.717) is 17.7 Å². The van der Waals surface area contributed by atoms with Crippen molar-refractivity contribution in [1.82, 2.24) is 4.90 Å². The summed E-state index contributed by atoms with van der Waals surface area (Å²) >= 11 is 0. The Morgan fingerprint density at radius 3 is 3.00 bits per heavy atom. The Hall–Kier alpha value is -1.06. The Balaban J connectivity index is 1.95. The van der Waals surface area contributed by atoms with Crippen molar-refractivity contribution in [3.63, 3.8) is 0 Å². The number of nitrogens with zero attached hydrogens (tertiary/aromatic N) is 1. The summed E-state index contributed by atoms with van der Waals surface area (Å²) < 4.78 is 5.25. The number of phenols is 1. The molecule has 0 amide bonds. The van der Waals surface area contributed by atoms with Gasteiger partial charge in [0, 0.05) is 19.7 Å². The fourth-order valence-electron chi connectivity index (χ4n) is 4.18. The van der Waals surface area contributed by atoms with E-state index in [-0.39, 0.29) is 5.41 Å². The molecule has 0 radical (unpaired) electrons. The van der Waals surface area contributed by atoms with E-state index in [1.807, 2.05) is 12.1 Å². The Morgan fingerprint density at radius 2 is 2.25 bits per heavy atom. The molecule has 1 heterocycles. The van der Waals surface area contributed by atoms with E-state index >= 15 is 0 Å². The summed E-state index contributed by atoms with van der Waals surface area (Å²) in [6.07, 6.45) is 2.25. The molecule has 1 aromatic rings. The lowest BCUT2D eigenvalue weighted by atomic mass is 9.59. The highest BCUT2D eigenvalue weighted by Gasteiger charge is 2.48. The topological polar surface area (TPSA) is 32.7 Å². The number of benzene rings is 1. The second kappa shape index (κ2) is 5.05. The summed E-state index contributed by atoms with van der Waals surface area (Å²) in [5.41, 5.74) is 2.98. The van der Waals surface area contributed by atoms with Gasteiger partial charge in [-0.3, -0.25) is 4.90 Å². The van der Waals surface area contributed by atoms with Crippen molar-refractivity contribution in [1.29, 1.82) is 0 Å². The highest BCUT2D eigenvalue weighted by molar-refractivity contribution is 5.44. The van der Waals surface area contributed by atoms with E-state index in [9.17, 15) is 5.11 Å². The highest BCUT2D eigenvalue weighted by Crippen LogP contribution is 2.49. The van der Waals surface area contributed by atoms with Gasteiger partial charge < -0.3 is 9.84 Å². The highest BCUT2D eigenvalue weighted by atomic mass is 16.5. The van der Waals surface area contributed by atoms with Crippen LogP contribution < -0.4 is 0 Å². The standard InChI is InChI=1S/C17H25NO2/c1-12-16-10-13-4-5-14(19)11-15(13)17(12,2)6-7-18(16)8-9-20-3/h4-5,11-12,16,19H,6-10H2,1-3H3/t12-,16+,17+/m0/s1. The zero-order chi connectivity index (χ0) is 14.3. The predicted octanol–water partition coefficient (Wildman–Crippen LogP) is 2.56. The van der Waals surface area contributed by atoms with Crippen molar-refractivity contribution >= 4 is 0 Å². The van der Waals surface area contributed by atoms with Gasteiger partial charge >= 0.3 is 0 Å². The first-order valence-corrected chi connectivity index (χ1v) is 7.61. The number of likely N-dealkylation sites (tertiary alicyclic amines) is 1. The SMILES string of the molecule is COCCN1CC[C@@]2(C)c3cc(O)ccc3C[C@@H]1[C@@H]2C. The first-order chi connectivity index (χ1) is 9.56. The third kappa shape index (κ3) is 2.04. The van der Waals surface area contributed by atoms with Gasteiger partial charge in [0.1, 0.15) is 5.75 Å². The van der Waals surface area contributed by atoms with Gasteiger partial charge in [-0.1, -0.05) is 19.9 Å². The Morgan fingerprint density at radius 1 is 1.45 bits per heavy atom. The van der Waals surface area contributed by atoms with Crippen molar-refractivity contribution in [3.05, 3.63) is 29.3 Å². The number of ether oxygens (including phenoxy) is 1. The lowest BCUT2D eigenvalue weighted by Gasteiger charge is -2.54. The van der Waals surface area contributed by atoms with Crippen molar-refractivity contribution in [2.45, 2.75) is 38.1 Å². The molecule has 3 heteroatoms. The molecule has 2 bridgehead atoms. The van der Waals surface area contributed by atoms with E-state index in [4.69, 9.17) is 4.74 Å². The first kappa shape index (κ1) is 13.9. The fourth-order valence-corrected chi connectivity index (χ4v) is 4.18. The van der Waals surface area contributed by atoms with Gasteiger partial charge in [-0.15, -0.1) is 0 Å². The van der Waals surface area contributed by atoms with Gasteiger partial charge in [0.15, 0.2) is 0 Å². The predicted molar refractivity (Wildman–Crippen MR) is 80.2 cm³/mol. The molecule has 3 rings (SSSR count). The van der Waals surface area contributed by atoms with Crippen molar-refractivity contribution in [3.8, 4) is 5.75 Å². The molecular weight excluding hydrogens is 250 g/mol. The number of hydrogen-bond donors (Lipinski definition) is 1. The van der Waals surface area contributed by atoms with Crippen molar-refractivity contribution in [2.75, 3.05) is 26.8 Å². The molecule has 0 aromatic heterocycles. The number of aromatic hydroxyl groups is 1. The average molecular weight is 275 g/mol. The van der Waals surface area contributed by atoms with Gasteiger partial charge in [-0.25, -0.2) is 0 Å². The van der Waals surface area contributed by atoms with Crippen LogP contribution in [0.3, 0.4) is 0 Å². The molecule has 1 N–H and O–H groups in total. The molecule has 1 saturated heterocycles. The van der Waals surface area contributed by atoms with Gasteiger partial charge in [0.05, 0.1) is 6.61 Å². The minimum Gasteiger partial charge on any atom is -0.508 e. The molecule has 3 atom stereocenters. The number of rotatable bonds is 3. The van der Waals surface area contributed by atoms with Crippen LogP contribution in [0, 0.1) is 5.92 Å². The monoisotopic (exact) mass is 275 g/mol. The number of phenolic OH excluding ortho intramolecular Hbond substituents is 1. The minimum absolute atomic E-state index is 0.195. The molecule has 1 aromatic carbocycles. The van der Waals surface area contributed by atoms with Gasteiger partial charge in [0.2, 0.25) is 0 Å². The maximum absolute atomic E-state index is 9.83. The summed E-state index contributed by atoms with van der Waals surface area (Å²) in [7, 11) is 1.77. The van der Waals surface area contributed by atoms with Crippen LogP contribution in [0.15, 0.2) is 18.2 Å². The van der Waals surface area contributed by atoms with Crippen molar-refractivity contribution < 1.29 is 9.84 Å². The largest absolute Gasteiger partial charge is 0.508 e. The molecule has 3 nitrogen and oxygen atoms in total. The molecule has 20 heavy (non-hydrogen) atoms. The molecular formula is C17H25NO2. The molecule has 0 saturated carbocycles. The van der Waals surface area contributed by atoms with Crippen LogP contribution in [0.4, 0.5) is 0 Å². The van der Waals surface area contributed by atoms with Crippen LogP contribution in [-0.4, -0.2) is 42.9 Å². The maximum Gasteiger partial charge on any atom is 0.115 e. The Bertz CT molecular complexity index is 502. The molecule has 1 aliphatic heterocycles. The van der Waals surface area contributed by atoms with Gasteiger partial charge in [0.25, 0.3) is 0 Å². The molecule has 0 unspecified atom stereocenters. The van der Waals surface area contributed by atoms with Crippen LogP contribution in [0.2, 0.25) is 0 Å². The lowest BCUT2D eigenvalue weighted by Crippen LogP contribution is -2.58. The lowest BCUT2D eigenvalue weighted by molar-refractivity contribution is 0.0156. The number of methoxy groups -OCH3 is 1. The van der Waals surface area contributed by atoms with E-state index in [2.05, 4.69) is 24.8 Å². The summed E-state index contributed by atoms with van der Waals surface area (Å²) in [5.74, 6) is 1.01. The molecule has 2 aliphatic rings. The van der Waals surface area contributed by atoms with E-state index in [1.54, 1.807) is 7.11 Å². The third-order valence-corrected chi connectivity index (χ3v) is 5.69. The molecule has 1 fully saturated rings. The maximum atomic E-state index is 9.83. The number of hydrogen-bond acceptors (Lipinski definition) is 3. The normalized spacial score (nSPS) is 33.0.